The van der Waals surface area contributed by atoms with Crippen LogP contribution in [-0.4, -0.2) is 16.1 Å². The number of nitrogen functional groups attached to an aromatic ring is 1. The maximum Gasteiger partial charge on any atom is 0.222 e. The molecule has 0 amide bonds. The summed E-state index contributed by atoms with van der Waals surface area (Å²) in [6.07, 6.45) is 6.22. The van der Waals surface area contributed by atoms with Gasteiger partial charge >= 0.3 is 0 Å². The lowest BCUT2D eigenvalue weighted by atomic mass is 10.1. The predicted octanol–water partition coefficient (Wildman–Crippen LogP) is 3.12. The van der Waals surface area contributed by atoms with Crippen LogP contribution in [0, 0.1) is 13.8 Å². The van der Waals surface area contributed by atoms with Gasteiger partial charge in [0.05, 0.1) is 11.7 Å². The zero-order valence-electron chi connectivity index (χ0n) is 12.5. The van der Waals surface area contributed by atoms with E-state index in [9.17, 15) is 0 Å². The molecule has 0 fully saturated rings. The molecule has 1 rings (SSSR count). The van der Waals surface area contributed by atoms with E-state index in [-0.39, 0.29) is 6.10 Å². The Morgan fingerprint density at radius 1 is 1.21 bits per heavy atom. The predicted molar refractivity (Wildman–Crippen MR) is 78.2 cm³/mol. The average Bonchev–Trinajstić information content (AvgIpc) is 2.38. The molecule has 0 radical (unpaired) electrons. The number of hydrogen-bond donors (Lipinski definition) is 2. The molecule has 3 N–H and O–H groups in total. The summed E-state index contributed by atoms with van der Waals surface area (Å²) in [6, 6.07) is 0. The van der Waals surface area contributed by atoms with Gasteiger partial charge < -0.3 is 10.2 Å². The number of unbranched alkanes of at least 4 members (excludes halogenated alkanes) is 3. The number of nitrogens with zero attached hydrogens (tertiary/aromatic N) is 2. The van der Waals surface area contributed by atoms with Crippen LogP contribution in [0.15, 0.2) is 0 Å². The Morgan fingerprint density at radius 3 is 2.58 bits per heavy atom. The summed E-state index contributed by atoms with van der Waals surface area (Å²) in [5, 5.41) is 0. The molecule has 0 bridgehead atoms. The molecule has 1 aromatic heterocycles. The highest BCUT2D eigenvalue weighted by Gasteiger charge is 2.12. The minimum atomic E-state index is 0.162. The monoisotopic (exact) mass is 266 g/mol. The molecule has 0 aromatic carbocycles. The van der Waals surface area contributed by atoms with Gasteiger partial charge in [-0.3, -0.25) is 0 Å². The molecule has 108 valence electrons. The van der Waals surface area contributed by atoms with Crippen molar-refractivity contribution >= 4 is 5.82 Å². The fourth-order valence-electron chi connectivity index (χ4n) is 1.97. The number of hydrogen-bond acceptors (Lipinski definition) is 5. The van der Waals surface area contributed by atoms with Gasteiger partial charge in [0.1, 0.15) is 11.6 Å². The van der Waals surface area contributed by atoms with E-state index >= 15 is 0 Å². The van der Waals surface area contributed by atoms with Crippen molar-refractivity contribution in [3.63, 3.8) is 0 Å². The molecule has 5 heteroatoms. The van der Waals surface area contributed by atoms with Crippen LogP contribution in [0.5, 0.6) is 5.88 Å². The standard InChI is InChI=1S/C14H26N4O/c1-5-6-7-8-9-10(2)19-14-11(3)13(18-15)16-12(4)17-14/h10H,5-9,15H2,1-4H3,(H,16,17,18). The normalized spacial score (nSPS) is 12.3. The summed E-state index contributed by atoms with van der Waals surface area (Å²) in [5.41, 5.74) is 3.43. The smallest absolute Gasteiger partial charge is 0.222 e. The van der Waals surface area contributed by atoms with Crippen molar-refractivity contribution in [1.29, 1.82) is 0 Å². The minimum absolute atomic E-state index is 0.162. The van der Waals surface area contributed by atoms with Crippen LogP contribution >= 0.6 is 0 Å². The largest absolute Gasteiger partial charge is 0.474 e. The third kappa shape index (κ3) is 5.03. The van der Waals surface area contributed by atoms with Gasteiger partial charge in [-0.15, -0.1) is 0 Å². The lowest BCUT2D eigenvalue weighted by Crippen LogP contribution is -2.17. The first kappa shape index (κ1) is 15.7. The third-order valence-electron chi connectivity index (χ3n) is 3.13. The van der Waals surface area contributed by atoms with Crippen LogP contribution in [0.25, 0.3) is 0 Å². The molecule has 0 saturated heterocycles. The van der Waals surface area contributed by atoms with Crippen molar-refractivity contribution in [3.8, 4) is 5.88 Å². The zero-order valence-corrected chi connectivity index (χ0v) is 12.5. The number of aromatic nitrogens is 2. The van der Waals surface area contributed by atoms with E-state index < -0.39 is 0 Å². The number of ether oxygens (including phenoxy) is 1. The second-order valence-corrected chi connectivity index (χ2v) is 4.97. The van der Waals surface area contributed by atoms with E-state index in [1.165, 1.54) is 25.7 Å². The van der Waals surface area contributed by atoms with E-state index in [0.29, 0.717) is 17.5 Å². The molecule has 1 aromatic rings. The molecule has 5 nitrogen and oxygen atoms in total. The van der Waals surface area contributed by atoms with E-state index in [1.807, 2.05) is 13.8 Å². The Labute approximate surface area is 115 Å². The number of nitrogens with one attached hydrogen (secondary N) is 1. The molecule has 1 unspecified atom stereocenters. The highest BCUT2D eigenvalue weighted by molar-refractivity contribution is 5.47. The zero-order chi connectivity index (χ0) is 14.3. The summed E-state index contributed by atoms with van der Waals surface area (Å²) in [6.45, 7) is 8.04. The second kappa shape index (κ2) is 7.94. The SMILES string of the molecule is CCCCCCC(C)Oc1nc(C)nc(NN)c1C. The first-order valence-electron chi connectivity index (χ1n) is 7.07. The lowest BCUT2D eigenvalue weighted by molar-refractivity contribution is 0.196. The van der Waals surface area contributed by atoms with Crippen molar-refractivity contribution in [3.05, 3.63) is 11.4 Å². The maximum absolute atomic E-state index is 5.90. The average molecular weight is 266 g/mol. The molecule has 0 aliphatic rings. The number of rotatable bonds is 8. The van der Waals surface area contributed by atoms with Gasteiger partial charge in [0.2, 0.25) is 5.88 Å². The van der Waals surface area contributed by atoms with Crippen molar-refractivity contribution < 1.29 is 4.74 Å². The van der Waals surface area contributed by atoms with Gasteiger partial charge in [-0.05, 0) is 33.6 Å². The van der Waals surface area contributed by atoms with Crippen molar-refractivity contribution in [2.24, 2.45) is 5.84 Å². The summed E-state index contributed by atoms with van der Waals surface area (Å²) in [7, 11) is 0. The van der Waals surface area contributed by atoms with Gasteiger partial charge in [-0.1, -0.05) is 26.2 Å². The molecular weight excluding hydrogens is 240 g/mol. The third-order valence-corrected chi connectivity index (χ3v) is 3.13. The Bertz CT molecular complexity index is 395. The second-order valence-electron chi connectivity index (χ2n) is 4.97. The summed E-state index contributed by atoms with van der Waals surface area (Å²) < 4.78 is 5.90. The van der Waals surface area contributed by atoms with Crippen molar-refractivity contribution in [2.45, 2.75) is 65.9 Å². The first-order chi connectivity index (χ1) is 9.08. The lowest BCUT2D eigenvalue weighted by Gasteiger charge is -2.17. The summed E-state index contributed by atoms with van der Waals surface area (Å²) >= 11 is 0. The van der Waals surface area contributed by atoms with E-state index in [2.05, 4.69) is 29.2 Å². The molecule has 1 heterocycles. The molecule has 1 atom stereocenters. The molecule has 0 spiro atoms. The fourth-order valence-corrected chi connectivity index (χ4v) is 1.97. The van der Waals surface area contributed by atoms with E-state index in [4.69, 9.17) is 10.6 Å². The summed E-state index contributed by atoms with van der Waals surface area (Å²) in [4.78, 5) is 8.56. The van der Waals surface area contributed by atoms with Crippen LogP contribution in [0.3, 0.4) is 0 Å². The molecule has 0 aliphatic carbocycles. The van der Waals surface area contributed by atoms with Gasteiger partial charge in [-0.2, -0.15) is 4.98 Å². The first-order valence-corrected chi connectivity index (χ1v) is 7.07. The highest BCUT2D eigenvalue weighted by atomic mass is 16.5. The van der Waals surface area contributed by atoms with Crippen LogP contribution in [0.1, 0.15) is 57.3 Å². The van der Waals surface area contributed by atoms with Gasteiger partial charge in [-0.25, -0.2) is 10.8 Å². The molecule has 0 saturated carbocycles. The number of anilines is 1. The Morgan fingerprint density at radius 2 is 1.95 bits per heavy atom. The molecule has 0 aliphatic heterocycles. The maximum atomic E-state index is 5.90. The van der Waals surface area contributed by atoms with Crippen LogP contribution < -0.4 is 16.0 Å². The number of hydrazine groups is 1. The van der Waals surface area contributed by atoms with E-state index in [0.717, 1.165) is 12.0 Å². The van der Waals surface area contributed by atoms with Gasteiger partial charge in [0.15, 0.2) is 0 Å². The van der Waals surface area contributed by atoms with Gasteiger partial charge in [0.25, 0.3) is 0 Å². The van der Waals surface area contributed by atoms with Crippen molar-refractivity contribution in [2.75, 3.05) is 5.43 Å². The molecular formula is C14H26N4O. The Balaban J connectivity index is 2.58. The van der Waals surface area contributed by atoms with Gasteiger partial charge in [0, 0.05) is 0 Å². The van der Waals surface area contributed by atoms with E-state index in [1.54, 1.807) is 0 Å². The quantitative estimate of drug-likeness (QED) is 0.429. The number of nitrogens with two attached hydrogens (primary N) is 1. The molecule has 19 heavy (non-hydrogen) atoms. The van der Waals surface area contributed by atoms with Crippen molar-refractivity contribution in [1.82, 2.24) is 9.97 Å². The van der Waals surface area contributed by atoms with Crippen LogP contribution in [0.2, 0.25) is 0 Å². The fraction of sp³-hybridized carbons (Fsp3) is 0.714. The Hall–Kier alpha value is -1.36. The minimum Gasteiger partial charge on any atom is -0.474 e. The number of aryl methyl sites for hydroxylation is 1. The topological polar surface area (TPSA) is 73.1 Å². The van der Waals surface area contributed by atoms with Crippen LogP contribution in [0.4, 0.5) is 5.82 Å². The highest BCUT2D eigenvalue weighted by Crippen LogP contribution is 2.23. The summed E-state index contributed by atoms with van der Waals surface area (Å²) in [5.74, 6) is 7.35. The van der Waals surface area contributed by atoms with Crippen LogP contribution in [-0.2, 0) is 0 Å². The Kier molecular flexibility index (Phi) is 6.56.